The molecule has 1 aliphatic heterocycles. The van der Waals surface area contributed by atoms with Crippen molar-refractivity contribution in [1.29, 1.82) is 0 Å². The van der Waals surface area contributed by atoms with Gasteiger partial charge in [0.1, 0.15) is 11.5 Å². The summed E-state index contributed by atoms with van der Waals surface area (Å²) in [7, 11) is 0. The number of benzene rings is 2. The topological polar surface area (TPSA) is 70.8 Å². The lowest BCUT2D eigenvalue weighted by molar-refractivity contribution is -0.140. The van der Waals surface area contributed by atoms with Gasteiger partial charge < -0.3 is 14.4 Å². The first kappa shape index (κ1) is 21.6. The molecule has 164 valence electrons. The lowest BCUT2D eigenvalue weighted by Gasteiger charge is -2.25. The molecule has 1 N–H and O–H groups in total. The molecule has 1 saturated heterocycles. The van der Waals surface area contributed by atoms with Gasteiger partial charge in [0.25, 0.3) is 11.7 Å². The predicted octanol–water partition coefficient (Wildman–Crippen LogP) is 5.64. The molecule has 0 radical (unpaired) electrons. The van der Waals surface area contributed by atoms with Crippen molar-refractivity contribution < 1.29 is 19.1 Å². The summed E-state index contributed by atoms with van der Waals surface area (Å²) >= 11 is 0. The number of rotatable bonds is 5. The number of Topliss-reactive ketones (excluding diaryl/α,β-unsaturated/α-hetero) is 1. The van der Waals surface area contributed by atoms with Gasteiger partial charge in [-0.25, -0.2) is 0 Å². The van der Waals surface area contributed by atoms with Gasteiger partial charge in [0.2, 0.25) is 0 Å². The molecule has 3 aromatic rings. The van der Waals surface area contributed by atoms with Gasteiger partial charge in [-0.1, -0.05) is 50.2 Å². The maximum Gasteiger partial charge on any atom is 0.296 e. The molecule has 4 rings (SSSR count). The number of carbonyl (C=O) groups is 2. The van der Waals surface area contributed by atoms with E-state index in [4.69, 9.17) is 4.42 Å². The number of aliphatic hydroxyl groups is 1. The Kier molecular flexibility index (Phi) is 5.74. The quantitative estimate of drug-likeness (QED) is 0.324. The van der Waals surface area contributed by atoms with Crippen molar-refractivity contribution in [2.24, 2.45) is 0 Å². The molecule has 1 aromatic heterocycles. The Hall–Kier alpha value is -3.60. The number of amides is 1. The zero-order valence-corrected chi connectivity index (χ0v) is 18.8. The van der Waals surface area contributed by atoms with Crippen LogP contribution < -0.4 is 0 Å². The van der Waals surface area contributed by atoms with Crippen LogP contribution in [0.1, 0.15) is 59.4 Å². The standard InChI is InChI=1S/C27H27NO4/c1-16(2)19-9-11-20(12-10-19)24-23(25(29)21-8-7-17(3)18(4)14-21)26(30)27(31)28(24)15-22-6-5-13-32-22/h5-14,16,24,29H,15H2,1-4H3/b25-23-. The number of aryl methyl sites for hydroxylation is 2. The van der Waals surface area contributed by atoms with Crippen molar-refractivity contribution in [3.05, 3.63) is 100 Å². The number of carbonyl (C=O) groups excluding carboxylic acids is 2. The van der Waals surface area contributed by atoms with Crippen LogP contribution in [0.25, 0.3) is 5.76 Å². The normalized spacial score (nSPS) is 18.0. The fraction of sp³-hybridized carbons (Fsp3) is 0.259. The Bertz CT molecular complexity index is 1190. The summed E-state index contributed by atoms with van der Waals surface area (Å²) in [6.45, 7) is 8.29. The van der Waals surface area contributed by atoms with Crippen molar-refractivity contribution >= 4 is 17.4 Å². The summed E-state index contributed by atoms with van der Waals surface area (Å²) in [5.41, 5.74) is 4.63. The minimum absolute atomic E-state index is 0.0992. The van der Waals surface area contributed by atoms with Crippen LogP contribution in [-0.2, 0) is 16.1 Å². The highest BCUT2D eigenvalue weighted by Crippen LogP contribution is 2.40. The van der Waals surface area contributed by atoms with Crippen molar-refractivity contribution in [1.82, 2.24) is 4.90 Å². The van der Waals surface area contributed by atoms with Gasteiger partial charge in [0.15, 0.2) is 0 Å². The number of likely N-dealkylation sites (tertiary alicyclic amines) is 1. The van der Waals surface area contributed by atoms with Crippen molar-refractivity contribution in [2.45, 2.75) is 46.2 Å². The number of aliphatic hydroxyl groups excluding tert-OH is 1. The van der Waals surface area contributed by atoms with Gasteiger partial charge in [-0.2, -0.15) is 0 Å². The van der Waals surface area contributed by atoms with Gasteiger partial charge in [0.05, 0.1) is 24.4 Å². The molecule has 0 spiro atoms. The van der Waals surface area contributed by atoms with Crippen LogP contribution in [-0.4, -0.2) is 21.7 Å². The van der Waals surface area contributed by atoms with Gasteiger partial charge in [0, 0.05) is 5.56 Å². The summed E-state index contributed by atoms with van der Waals surface area (Å²) in [5, 5.41) is 11.2. The molecule has 32 heavy (non-hydrogen) atoms. The van der Waals surface area contributed by atoms with E-state index in [0.717, 1.165) is 22.3 Å². The second-order valence-corrected chi connectivity index (χ2v) is 8.63. The predicted molar refractivity (Wildman–Crippen MR) is 123 cm³/mol. The molecule has 1 atom stereocenters. The van der Waals surface area contributed by atoms with Crippen LogP contribution in [0, 0.1) is 13.8 Å². The average Bonchev–Trinajstić information content (AvgIpc) is 3.37. The molecule has 1 fully saturated rings. The molecule has 0 aliphatic carbocycles. The van der Waals surface area contributed by atoms with Crippen LogP contribution in [0.15, 0.2) is 70.9 Å². The summed E-state index contributed by atoms with van der Waals surface area (Å²) in [4.78, 5) is 27.6. The van der Waals surface area contributed by atoms with E-state index >= 15 is 0 Å². The van der Waals surface area contributed by atoms with Gasteiger partial charge in [-0.15, -0.1) is 0 Å². The largest absolute Gasteiger partial charge is 0.507 e. The van der Waals surface area contributed by atoms with Crippen LogP contribution >= 0.6 is 0 Å². The molecule has 5 nitrogen and oxygen atoms in total. The number of furan rings is 1. The Labute approximate surface area is 188 Å². The summed E-state index contributed by atoms with van der Waals surface area (Å²) < 4.78 is 5.44. The molecule has 1 amide bonds. The highest BCUT2D eigenvalue weighted by molar-refractivity contribution is 6.46. The second kappa shape index (κ2) is 8.50. The molecule has 0 bridgehead atoms. The second-order valence-electron chi connectivity index (χ2n) is 8.63. The third-order valence-electron chi connectivity index (χ3n) is 6.15. The Morgan fingerprint density at radius 1 is 1.03 bits per heavy atom. The smallest absolute Gasteiger partial charge is 0.296 e. The van der Waals surface area contributed by atoms with E-state index < -0.39 is 17.7 Å². The van der Waals surface area contributed by atoms with Crippen LogP contribution in [0.4, 0.5) is 0 Å². The molecule has 1 aliphatic rings. The third-order valence-corrected chi connectivity index (χ3v) is 6.15. The zero-order valence-electron chi connectivity index (χ0n) is 18.8. The average molecular weight is 430 g/mol. The van der Waals surface area contributed by atoms with Crippen molar-refractivity contribution in [3.8, 4) is 0 Å². The summed E-state index contributed by atoms with van der Waals surface area (Å²) in [6, 6.07) is 16.2. The molecule has 0 saturated carbocycles. The fourth-order valence-corrected chi connectivity index (χ4v) is 4.07. The van der Waals surface area contributed by atoms with Crippen LogP contribution in [0.2, 0.25) is 0 Å². The van der Waals surface area contributed by atoms with Gasteiger partial charge in [-0.3, -0.25) is 9.59 Å². The van der Waals surface area contributed by atoms with E-state index in [1.54, 1.807) is 18.2 Å². The van der Waals surface area contributed by atoms with E-state index in [1.165, 1.54) is 11.2 Å². The summed E-state index contributed by atoms with van der Waals surface area (Å²) in [6.07, 6.45) is 1.54. The lowest BCUT2D eigenvalue weighted by Crippen LogP contribution is -2.29. The monoisotopic (exact) mass is 429 g/mol. The number of hydrogen-bond donors (Lipinski definition) is 1. The zero-order chi connectivity index (χ0) is 23.0. The van der Waals surface area contributed by atoms with Crippen LogP contribution in [0.3, 0.4) is 0 Å². The summed E-state index contributed by atoms with van der Waals surface area (Å²) in [5.74, 6) is -0.572. The Morgan fingerprint density at radius 3 is 2.34 bits per heavy atom. The minimum atomic E-state index is -0.706. The van der Waals surface area contributed by atoms with E-state index in [2.05, 4.69) is 13.8 Å². The highest BCUT2D eigenvalue weighted by atomic mass is 16.3. The minimum Gasteiger partial charge on any atom is -0.507 e. The van der Waals surface area contributed by atoms with Gasteiger partial charge >= 0.3 is 0 Å². The molecule has 5 heteroatoms. The number of hydrogen-bond acceptors (Lipinski definition) is 4. The molecule has 1 unspecified atom stereocenters. The van der Waals surface area contributed by atoms with E-state index in [-0.39, 0.29) is 17.9 Å². The Balaban J connectivity index is 1.86. The molecular formula is C27H27NO4. The van der Waals surface area contributed by atoms with E-state index in [9.17, 15) is 14.7 Å². The van der Waals surface area contributed by atoms with Gasteiger partial charge in [-0.05, 0) is 60.2 Å². The fourth-order valence-electron chi connectivity index (χ4n) is 4.07. The maximum atomic E-state index is 13.1. The first-order valence-corrected chi connectivity index (χ1v) is 10.8. The maximum absolute atomic E-state index is 13.1. The number of ketones is 1. The number of nitrogens with zero attached hydrogens (tertiary/aromatic N) is 1. The van der Waals surface area contributed by atoms with Crippen molar-refractivity contribution in [3.63, 3.8) is 0 Å². The van der Waals surface area contributed by atoms with E-state index in [1.807, 2.05) is 50.2 Å². The Morgan fingerprint density at radius 2 is 1.75 bits per heavy atom. The SMILES string of the molecule is Cc1ccc(/C(O)=C2/C(=O)C(=O)N(Cc3ccco3)C2c2ccc(C(C)C)cc2)cc1C. The first-order valence-electron chi connectivity index (χ1n) is 10.8. The van der Waals surface area contributed by atoms with E-state index in [0.29, 0.717) is 17.2 Å². The van der Waals surface area contributed by atoms with Crippen LogP contribution in [0.5, 0.6) is 0 Å². The lowest BCUT2D eigenvalue weighted by atomic mass is 9.92. The first-order chi connectivity index (χ1) is 15.3. The molecule has 2 aromatic carbocycles. The molecular weight excluding hydrogens is 402 g/mol. The molecule has 2 heterocycles. The highest BCUT2D eigenvalue weighted by Gasteiger charge is 2.46. The third kappa shape index (κ3) is 3.86. The van der Waals surface area contributed by atoms with Crippen molar-refractivity contribution in [2.75, 3.05) is 0 Å².